The first-order chi connectivity index (χ1) is 11.5. The highest BCUT2D eigenvalue weighted by molar-refractivity contribution is 7.09. The van der Waals surface area contributed by atoms with Crippen LogP contribution in [-0.4, -0.2) is 27.2 Å². The lowest BCUT2D eigenvalue weighted by molar-refractivity contribution is 0.102. The first kappa shape index (κ1) is 16.1. The maximum absolute atomic E-state index is 12.2. The monoisotopic (exact) mass is 344 g/mol. The van der Waals surface area contributed by atoms with Crippen LogP contribution < -0.4 is 10.1 Å². The van der Waals surface area contributed by atoms with E-state index < -0.39 is 0 Å². The van der Waals surface area contributed by atoms with E-state index in [0.29, 0.717) is 17.0 Å². The van der Waals surface area contributed by atoms with E-state index in [9.17, 15) is 4.79 Å². The quantitative estimate of drug-likeness (QED) is 0.761. The molecule has 8 heteroatoms. The van der Waals surface area contributed by atoms with Crippen molar-refractivity contribution in [1.29, 1.82) is 0 Å². The number of carbonyl (C=O) groups is 1. The minimum atomic E-state index is -0.337. The number of rotatable bonds is 5. The molecule has 3 aromatic rings. The van der Waals surface area contributed by atoms with E-state index in [-0.39, 0.29) is 23.9 Å². The summed E-state index contributed by atoms with van der Waals surface area (Å²) in [4.78, 5) is 16.5. The van der Waals surface area contributed by atoms with Gasteiger partial charge in [0.05, 0.1) is 11.1 Å². The van der Waals surface area contributed by atoms with Gasteiger partial charge in [0.15, 0.2) is 0 Å². The average molecular weight is 344 g/mol. The predicted molar refractivity (Wildman–Crippen MR) is 90.3 cm³/mol. The summed E-state index contributed by atoms with van der Waals surface area (Å²) in [6, 6.07) is 6.86. The average Bonchev–Trinajstić information content (AvgIpc) is 3.16. The molecule has 0 bridgehead atoms. The fourth-order valence-corrected chi connectivity index (χ4v) is 2.55. The summed E-state index contributed by atoms with van der Waals surface area (Å²) >= 11 is 1.49. The van der Waals surface area contributed by atoms with Crippen LogP contribution in [0.25, 0.3) is 11.6 Å². The van der Waals surface area contributed by atoms with E-state index in [2.05, 4.69) is 20.5 Å². The van der Waals surface area contributed by atoms with Crippen molar-refractivity contribution in [2.75, 3.05) is 5.32 Å². The number of anilines is 1. The molecule has 1 N–H and O–H groups in total. The number of aromatic nitrogens is 3. The zero-order valence-electron chi connectivity index (χ0n) is 13.4. The van der Waals surface area contributed by atoms with Crippen molar-refractivity contribution in [3.05, 3.63) is 40.2 Å². The second-order valence-corrected chi connectivity index (χ2v) is 6.37. The maximum atomic E-state index is 12.2. The molecule has 0 unspecified atom stereocenters. The van der Waals surface area contributed by atoms with Crippen LogP contribution >= 0.6 is 11.3 Å². The lowest BCUT2D eigenvalue weighted by atomic mass is 10.2. The first-order valence-electron chi connectivity index (χ1n) is 7.35. The van der Waals surface area contributed by atoms with Crippen molar-refractivity contribution in [3.63, 3.8) is 0 Å². The Balaban J connectivity index is 1.67. The van der Waals surface area contributed by atoms with Crippen LogP contribution in [0, 0.1) is 6.92 Å². The van der Waals surface area contributed by atoms with Crippen LogP contribution in [0.3, 0.4) is 0 Å². The van der Waals surface area contributed by atoms with Gasteiger partial charge < -0.3 is 9.15 Å². The highest BCUT2D eigenvalue weighted by Crippen LogP contribution is 2.22. The summed E-state index contributed by atoms with van der Waals surface area (Å²) in [5.74, 6) is 0.645. The van der Waals surface area contributed by atoms with Crippen LogP contribution in [0.5, 0.6) is 5.75 Å². The Hall–Kier alpha value is -2.74. The molecule has 7 nitrogen and oxygen atoms in total. The Labute approximate surface area is 142 Å². The fourth-order valence-electron chi connectivity index (χ4n) is 1.97. The number of ether oxygens (including phenoxy) is 1. The van der Waals surface area contributed by atoms with Crippen molar-refractivity contribution in [2.45, 2.75) is 26.9 Å². The standard InChI is InChI=1S/C16H16N4O3S/c1-9(2)22-12-6-4-11(5-7-12)14(21)18-16-20-19-15(23-16)13-8-24-10(3)17-13/h4-9H,1-3H3,(H,18,20,21). The Morgan fingerprint density at radius 3 is 2.62 bits per heavy atom. The summed E-state index contributed by atoms with van der Waals surface area (Å²) in [5, 5.41) is 13.0. The number of nitrogens with zero attached hydrogens (tertiary/aromatic N) is 3. The van der Waals surface area contributed by atoms with E-state index in [1.54, 1.807) is 24.3 Å². The molecule has 0 aliphatic carbocycles. The van der Waals surface area contributed by atoms with Crippen molar-refractivity contribution in [2.24, 2.45) is 0 Å². The van der Waals surface area contributed by atoms with Crippen LogP contribution in [0.15, 0.2) is 34.1 Å². The topological polar surface area (TPSA) is 90.1 Å². The van der Waals surface area contributed by atoms with Crippen molar-refractivity contribution in [1.82, 2.24) is 15.2 Å². The second kappa shape index (κ2) is 6.79. The molecule has 2 aromatic heterocycles. The molecular formula is C16H16N4O3S. The van der Waals surface area contributed by atoms with Gasteiger partial charge in [-0.05, 0) is 45.0 Å². The highest BCUT2D eigenvalue weighted by Gasteiger charge is 2.14. The van der Waals surface area contributed by atoms with Gasteiger partial charge in [0.25, 0.3) is 11.8 Å². The van der Waals surface area contributed by atoms with Crippen molar-refractivity contribution in [3.8, 4) is 17.3 Å². The summed E-state index contributed by atoms with van der Waals surface area (Å²) in [5.41, 5.74) is 1.07. The summed E-state index contributed by atoms with van der Waals surface area (Å²) in [6.45, 7) is 5.77. The molecule has 124 valence electrons. The normalized spacial score (nSPS) is 10.8. The number of hydrogen-bond donors (Lipinski definition) is 1. The van der Waals surface area contributed by atoms with E-state index in [0.717, 1.165) is 5.01 Å². The van der Waals surface area contributed by atoms with Gasteiger partial charge >= 0.3 is 6.01 Å². The molecule has 0 fully saturated rings. The summed E-state index contributed by atoms with van der Waals surface area (Å²) < 4.78 is 11.0. The van der Waals surface area contributed by atoms with Gasteiger partial charge in [-0.2, -0.15) is 0 Å². The van der Waals surface area contributed by atoms with Gasteiger partial charge in [-0.1, -0.05) is 5.10 Å². The molecule has 0 saturated heterocycles. The van der Waals surface area contributed by atoms with Crippen LogP contribution in [-0.2, 0) is 0 Å². The number of nitrogens with one attached hydrogen (secondary N) is 1. The molecule has 3 rings (SSSR count). The molecule has 1 amide bonds. The molecule has 24 heavy (non-hydrogen) atoms. The van der Waals surface area contributed by atoms with Gasteiger partial charge in [-0.25, -0.2) is 4.98 Å². The summed E-state index contributed by atoms with van der Waals surface area (Å²) in [7, 11) is 0. The lowest BCUT2D eigenvalue weighted by Crippen LogP contribution is -2.12. The maximum Gasteiger partial charge on any atom is 0.322 e. The SMILES string of the molecule is Cc1nc(-c2nnc(NC(=O)c3ccc(OC(C)C)cc3)o2)cs1. The molecule has 0 aliphatic rings. The zero-order valence-corrected chi connectivity index (χ0v) is 14.3. The molecule has 0 radical (unpaired) electrons. The van der Waals surface area contributed by atoms with Gasteiger partial charge in [-0.3, -0.25) is 10.1 Å². The van der Waals surface area contributed by atoms with E-state index >= 15 is 0 Å². The first-order valence-corrected chi connectivity index (χ1v) is 8.23. The zero-order chi connectivity index (χ0) is 17.1. The van der Waals surface area contributed by atoms with Crippen molar-refractivity contribution >= 4 is 23.3 Å². The Morgan fingerprint density at radius 2 is 2.00 bits per heavy atom. The van der Waals surface area contributed by atoms with E-state index in [4.69, 9.17) is 9.15 Å². The molecular weight excluding hydrogens is 328 g/mol. The van der Waals surface area contributed by atoms with Crippen LogP contribution in [0.2, 0.25) is 0 Å². The van der Waals surface area contributed by atoms with Gasteiger partial charge in [-0.15, -0.1) is 16.4 Å². The van der Waals surface area contributed by atoms with E-state index in [1.807, 2.05) is 26.2 Å². The number of hydrogen-bond acceptors (Lipinski definition) is 7. The Bertz CT molecular complexity index is 839. The number of amides is 1. The third-order valence-electron chi connectivity index (χ3n) is 2.97. The smallest absolute Gasteiger partial charge is 0.322 e. The number of carbonyl (C=O) groups excluding carboxylic acids is 1. The molecule has 2 heterocycles. The molecule has 0 atom stereocenters. The predicted octanol–water partition coefficient (Wildman–Crippen LogP) is 3.54. The summed E-state index contributed by atoms with van der Waals surface area (Å²) in [6.07, 6.45) is 0.0795. The van der Waals surface area contributed by atoms with E-state index in [1.165, 1.54) is 11.3 Å². The Morgan fingerprint density at radius 1 is 1.25 bits per heavy atom. The molecule has 0 spiro atoms. The Kier molecular flexibility index (Phi) is 4.57. The largest absolute Gasteiger partial charge is 0.491 e. The fraction of sp³-hybridized carbons (Fsp3) is 0.250. The molecule has 1 aromatic carbocycles. The van der Waals surface area contributed by atoms with Gasteiger partial charge in [0.2, 0.25) is 0 Å². The van der Waals surface area contributed by atoms with Crippen LogP contribution in [0.4, 0.5) is 6.01 Å². The third kappa shape index (κ3) is 3.77. The minimum absolute atomic E-state index is 0.0307. The molecule has 0 saturated carbocycles. The number of aryl methyl sites for hydroxylation is 1. The number of benzene rings is 1. The lowest BCUT2D eigenvalue weighted by Gasteiger charge is -2.09. The van der Waals surface area contributed by atoms with Gasteiger partial charge in [0.1, 0.15) is 11.4 Å². The van der Waals surface area contributed by atoms with Gasteiger partial charge in [0, 0.05) is 10.9 Å². The van der Waals surface area contributed by atoms with Crippen LogP contribution in [0.1, 0.15) is 29.2 Å². The minimum Gasteiger partial charge on any atom is -0.491 e. The number of thiazole rings is 1. The highest BCUT2D eigenvalue weighted by atomic mass is 32.1. The third-order valence-corrected chi connectivity index (χ3v) is 3.75. The second-order valence-electron chi connectivity index (χ2n) is 5.31. The van der Waals surface area contributed by atoms with Crippen molar-refractivity contribution < 1.29 is 13.9 Å². The molecule has 0 aliphatic heterocycles.